The van der Waals surface area contributed by atoms with E-state index in [1.807, 2.05) is 54.2 Å². The fourth-order valence-electron chi connectivity index (χ4n) is 2.36. The van der Waals surface area contributed by atoms with Crippen molar-refractivity contribution in [2.24, 2.45) is 4.99 Å². The molecule has 6 heteroatoms. The maximum absolute atomic E-state index is 5.78. The molecule has 0 fully saturated rings. The number of hydrogen-bond acceptors (Lipinski definition) is 4. The van der Waals surface area contributed by atoms with E-state index in [4.69, 9.17) is 4.74 Å². The summed E-state index contributed by atoms with van der Waals surface area (Å²) < 4.78 is 5.78. The summed E-state index contributed by atoms with van der Waals surface area (Å²) in [5.74, 6) is 2.65. The molecule has 26 heavy (non-hydrogen) atoms. The minimum Gasteiger partial charge on any atom is -0.473 e. The fourth-order valence-corrected chi connectivity index (χ4v) is 2.85. The van der Waals surface area contributed by atoms with Gasteiger partial charge in [-0.3, -0.25) is 4.99 Å². The quantitative estimate of drug-likeness (QED) is 0.380. The van der Waals surface area contributed by atoms with Crippen molar-refractivity contribution in [1.82, 2.24) is 15.6 Å². The van der Waals surface area contributed by atoms with Crippen molar-refractivity contribution >= 4 is 17.7 Å². The van der Waals surface area contributed by atoms with Crippen molar-refractivity contribution in [2.75, 3.05) is 25.6 Å². The highest BCUT2D eigenvalue weighted by atomic mass is 32.2. The van der Waals surface area contributed by atoms with Gasteiger partial charge < -0.3 is 15.4 Å². The third-order valence-electron chi connectivity index (χ3n) is 3.78. The standard InChI is InChI=1S/C20H28N4OS/c1-21-20(23-11-6-7-13-26-2)24-15-18-10-12-22-19(14-18)25-16-17-8-4-3-5-9-17/h3-5,8-10,12,14H,6-7,11,13,15-16H2,1-2H3,(H2,21,23,24). The Balaban J connectivity index is 1.76. The van der Waals surface area contributed by atoms with Crippen LogP contribution in [0.4, 0.5) is 0 Å². The minimum absolute atomic E-state index is 0.518. The van der Waals surface area contributed by atoms with Gasteiger partial charge in [0, 0.05) is 32.4 Å². The Morgan fingerprint density at radius 2 is 1.96 bits per heavy atom. The van der Waals surface area contributed by atoms with Crippen LogP contribution in [0.3, 0.4) is 0 Å². The molecule has 0 radical (unpaired) electrons. The van der Waals surface area contributed by atoms with Crippen molar-refractivity contribution in [2.45, 2.75) is 26.0 Å². The maximum Gasteiger partial charge on any atom is 0.213 e. The Labute approximate surface area is 160 Å². The van der Waals surface area contributed by atoms with E-state index in [0.29, 0.717) is 19.0 Å². The number of pyridine rings is 1. The molecular weight excluding hydrogens is 344 g/mol. The van der Waals surface area contributed by atoms with Crippen LogP contribution in [0.1, 0.15) is 24.0 Å². The number of benzene rings is 1. The highest BCUT2D eigenvalue weighted by molar-refractivity contribution is 7.98. The molecule has 140 valence electrons. The summed E-state index contributed by atoms with van der Waals surface area (Å²) in [6, 6.07) is 14.0. The predicted octanol–water partition coefficient (Wildman–Crippen LogP) is 3.47. The Hall–Kier alpha value is -2.21. The van der Waals surface area contributed by atoms with Gasteiger partial charge in [-0.1, -0.05) is 30.3 Å². The second-order valence-corrected chi connectivity index (χ2v) is 6.81. The number of nitrogens with zero attached hydrogens (tertiary/aromatic N) is 2. The van der Waals surface area contributed by atoms with Crippen molar-refractivity contribution in [1.29, 1.82) is 0 Å². The number of aromatic nitrogens is 1. The Bertz CT molecular complexity index is 664. The Morgan fingerprint density at radius 3 is 2.73 bits per heavy atom. The van der Waals surface area contributed by atoms with Gasteiger partial charge >= 0.3 is 0 Å². The van der Waals surface area contributed by atoms with E-state index in [1.54, 1.807) is 13.2 Å². The topological polar surface area (TPSA) is 58.5 Å². The van der Waals surface area contributed by atoms with Gasteiger partial charge in [0.1, 0.15) is 6.61 Å². The fraction of sp³-hybridized carbons (Fsp3) is 0.400. The molecule has 2 rings (SSSR count). The molecule has 0 bridgehead atoms. The van der Waals surface area contributed by atoms with Gasteiger partial charge in [-0.2, -0.15) is 11.8 Å². The molecule has 0 unspecified atom stereocenters. The predicted molar refractivity (Wildman–Crippen MR) is 111 cm³/mol. The first-order valence-corrected chi connectivity index (χ1v) is 10.3. The molecule has 0 aliphatic rings. The lowest BCUT2D eigenvalue weighted by Crippen LogP contribution is -2.37. The van der Waals surface area contributed by atoms with Crippen molar-refractivity contribution in [3.63, 3.8) is 0 Å². The molecular formula is C20H28N4OS. The smallest absolute Gasteiger partial charge is 0.213 e. The van der Waals surface area contributed by atoms with Gasteiger partial charge in [0.15, 0.2) is 5.96 Å². The molecule has 1 heterocycles. The van der Waals surface area contributed by atoms with Gasteiger partial charge in [0.25, 0.3) is 0 Å². The van der Waals surface area contributed by atoms with Crippen LogP contribution in [-0.2, 0) is 13.2 Å². The van der Waals surface area contributed by atoms with Crippen molar-refractivity contribution < 1.29 is 4.74 Å². The summed E-state index contributed by atoms with van der Waals surface area (Å²) >= 11 is 1.89. The van der Waals surface area contributed by atoms with Gasteiger partial charge in [-0.25, -0.2) is 4.98 Å². The van der Waals surface area contributed by atoms with Crippen molar-refractivity contribution in [3.05, 3.63) is 59.8 Å². The summed E-state index contributed by atoms with van der Waals surface area (Å²) in [5, 5.41) is 6.67. The second-order valence-electron chi connectivity index (χ2n) is 5.83. The van der Waals surface area contributed by atoms with Crippen LogP contribution in [-0.4, -0.2) is 36.5 Å². The minimum atomic E-state index is 0.518. The van der Waals surface area contributed by atoms with Crippen LogP contribution in [0, 0.1) is 0 Å². The van der Waals surface area contributed by atoms with E-state index < -0.39 is 0 Å². The van der Waals surface area contributed by atoms with E-state index in [9.17, 15) is 0 Å². The average Bonchev–Trinajstić information content (AvgIpc) is 2.69. The Morgan fingerprint density at radius 1 is 1.12 bits per heavy atom. The first-order chi connectivity index (χ1) is 12.8. The van der Waals surface area contributed by atoms with Crippen LogP contribution in [0.5, 0.6) is 5.88 Å². The lowest BCUT2D eigenvalue weighted by molar-refractivity contribution is 0.293. The van der Waals surface area contributed by atoms with Gasteiger partial charge in [0.2, 0.25) is 5.88 Å². The number of nitrogens with one attached hydrogen (secondary N) is 2. The third kappa shape index (κ3) is 7.78. The molecule has 0 aliphatic carbocycles. The number of thioether (sulfide) groups is 1. The molecule has 0 aliphatic heterocycles. The zero-order chi connectivity index (χ0) is 18.5. The number of ether oxygens (including phenoxy) is 1. The number of unbranched alkanes of at least 4 members (excludes halogenated alkanes) is 1. The average molecular weight is 373 g/mol. The van der Waals surface area contributed by atoms with E-state index in [1.165, 1.54) is 12.2 Å². The zero-order valence-corrected chi connectivity index (χ0v) is 16.4. The van der Waals surface area contributed by atoms with E-state index in [-0.39, 0.29) is 0 Å². The number of aliphatic imine (C=N–C) groups is 1. The lowest BCUT2D eigenvalue weighted by Gasteiger charge is -2.12. The lowest BCUT2D eigenvalue weighted by atomic mass is 10.2. The van der Waals surface area contributed by atoms with Crippen LogP contribution in [0.25, 0.3) is 0 Å². The van der Waals surface area contributed by atoms with Gasteiger partial charge in [-0.05, 0) is 42.0 Å². The van der Waals surface area contributed by atoms with Gasteiger partial charge in [0.05, 0.1) is 0 Å². The molecule has 0 amide bonds. The summed E-state index contributed by atoms with van der Waals surface area (Å²) in [6.07, 6.45) is 6.28. The molecule has 1 aromatic carbocycles. The van der Waals surface area contributed by atoms with Crippen LogP contribution in [0.2, 0.25) is 0 Å². The summed E-state index contributed by atoms with van der Waals surface area (Å²) in [5.41, 5.74) is 2.23. The second kappa shape index (κ2) is 12.2. The summed E-state index contributed by atoms with van der Waals surface area (Å²) in [4.78, 5) is 8.54. The molecule has 0 spiro atoms. The normalized spacial score (nSPS) is 11.2. The molecule has 0 saturated carbocycles. The van der Waals surface area contributed by atoms with E-state index >= 15 is 0 Å². The zero-order valence-electron chi connectivity index (χ0n) is 15.6. The largest absolute Gasteiger partial charge is 0.473 e. The molecule has 0 saturated heterocycles. The van der Waals surface area contributed by atoms with Gasteiger partial charge in [-0.15, -0.1) is 0 Å². The highest BCUT2D eigenvalue weighted by Gasteiger charge is 2.02. The first-order valence-electron chi connectivity index (χ1n) is 8.87. The van der Waals surface area contributed by atoms with E-state index in [2.05, 4.69) is 26.9 Å². The van der Waals surface area contributed by atoms with Crippen LogP contribution < -0.4 is 15.4 Å². The third-order valence-corrected chi connectivity index (χ3v) is 4.48. The van der Waals surface area contributed by atoms with Crippen LogP contribution in [0.15, 0.2) is 53.7 Å². The molecule has 5 nitrogen and oxygen atoms in total. The summed E-state index contributed by atoms with van der Waals surface area (Å²) in [6.45, 7) is 2.13. The summed E-state index contributed by atoms with van der Waals surface area (Å²) in [7, 11) is 1.79. The van der Waals surface area contributed by atoms with Crippen LogP contribution >= 0.6 is 11.8 Å². The van der Waals surface area contributed by atoms with E-state index in [0.717, 1.165) is 30.1 Å². The first kappa shape index (κ1) is 20.1. The SMILES string of the molecule is CN=C(NCCCCSC)NCc1ccnc(OCc2ccccc2)c1. The van der Waals surface area contributed by atoms with Crippen molar-refractivity contribution in [3.8, 4) is 5.88 Å². The molecule has 2 N–H and O–H groups in total. The monoisotopic (exact) mass is 372 g/mol. The maximum atomic E-state index is 5.78. The Kier molecular flexibility index (Phi) is 9.43. The number of hydrogen-bond donors (Lipinski definition) is 2. The molecule has 2 aromatic rings. The number of rotatable bonds is 10. The highest BCUT2D eigenvalue weighted by Crippen LogP contribution is 2.11. The molecule has 0 atom stereocenters. The molecule has 1 aromatic heterocycles. The number of guanidine groups is 1.